The van der Waals surface area contributed by atoms with E-state index < -0.39 is 5.82 Å². The lowest BCUT2D eigenvalue weighted by molar-refractivity contribution is 0.101. The molecular weight excluding hydrogens is 433 g/mol. The molecule has 0 radical (unpaired) electrons. The molecule has 0 saturated heterocycles. The molecule has 7 heteroatoms. The normalized spacial score (nSPS) is 11.1. The van der Waals surface area contributed by atoms with Gasteiger partial charge in [-0.25, -0.2) is 13.9 Å². The number of hydrogen-bond acceptors (Lipinski definition) is 3. The zero-order valence-electron chi connectivity index (χ0n) is 14.1. The van der Waals surface area contributed by atoms with Gasteiger partial charge in [0, 0.05) is 33.6 Å². The van der Waals surface area contributed by atoms with Crippen molar-refractivity contribution in [3.05, 3.63) is 75.6 Å². The molecule has 0 saturated carbocycles. The third kappa shape index (κ3) is 3.38. The molecule has 0 unspecified atom stereocenters. The van der Waals surface area contributed by atoms with Gasteiger partial charge >= 0.3 is 0 Å². The van der Waals surface area contributed by atoms with Crippen LogP contribution in [0.1, 0.15) is 17.4 Å². The molecule has 0 bridgehead atoms. The van der Waals surface area contributed by atoms with E-state index in [0.717, 1.165) is 5.56 Å². The fourth-order valence-electron chi connectivity index (χ4n) is 2.81. The van der Waals surface area contributed by atoms with Crippen molar-refractivity contribution >= 4 is 39.0 Å². The summed E-state index contributed by atoms with van der Waals surface area (Å²) in [5, 5.41) is 5.13. The molecule has 4 nitrogen and oxygen atoms in total. The van der Waals surface area contributed by atoms with Crippen molar-refractivity contribution in [2.75, 3.05) is 0 Å². The summed E-state index contributed by atoms with van der Waals surface area (Å²) >= 11 is 9.23. The molecule has 2 heterocycles. The summed E-state index contributed by atoms with van der Waals surface area (Å²) in [6, 6.07) is 15.3. The standard InChI is InChI=1S/C20H12BrClFN3O/c1-11(27)17-9-19(12-2-5-14(22)6-3-12)26-20(24-17)10-18(25-26)15-7-4-13(21)8-16(15)23/h2-10H,1H3. The van der Waals surface area contributed by atoms with Crippen LogP contribution in [0.25, 0.3) is 28.2 Å². The minimum atomic E-state index is -0.396. The molecule has 4 rings (SSSR count). The van der Waals surface area contributed by atoms with E-state index in [1.165, 1.54) is 13.0 Å². The molecule has 2 aromatic heterocycles. The summed E-state index contributed by atoms with van der Waals surface area (Å²) in [5.41, 5.74) is 3.06. The lowest BCUT2D eigenvalue weighted by atomic mass is 10.1. The van der Waals surface area contributed by atoms with E-state index in [1.807, 2.05) is 12.1 Å². The van der Waals surface area contributed by atoms with E-state index in [9.17, 15) is 9.18 Å². The molecule has 0 aliphatic heterocycles. The van der Waals surface area contributed by atoms with Crippen LogP contribution in [-0.4, -0.2) is 20.4 Å². The van der Waals surface area contributed by atoms with Crippen LogP contribution in [0.2, 0.25) is 5.02 Å². The highest BCUT2D eigenvalue weighted by Gasteiger charge is 2.16. The molecule has 0 atom stereocenters. The first-order valence-electron chi connectivity index (χ1n) is 8.05. The highest BCUT2D eigenvalue weighted by molar-refractivity contribution is 9.10. The molecule has 0 N–H and O–H groups in total. The zero-order chi connectivity index (χ0) is 19.1. The van der Waals surface area contributed by atoms with Gasteiger partial charge < -0.3 is 0 Å². The van der Waals surface area contributed by atoms with E-state index in [4.69, 9.17) is 11.6 Å². The number of carbonyl (C=O) groups is 1. The molecule has 0 fully saturated rings. The Kier molecular flexibility index (Phi) is 4.53. The van der Waals surface area contributed by atoms with Crippen LogP contribution in [-0.2, 0) is 0 Å². The van der Waals surface area contributed by atoms with Crippen LogP contribution in [0, 0.1) is 5.82 Å². The van der Waals surface area contributed by atoms with Crippen molar-refractivity contribution in [3.8, 4) is 22.5 Å². The van der Waals surface area contributed by atoms with Crippen LogP contribution in [0.5, 0.6) is 0 Å². The molecule has 0 spiro atoms. The van der Waals surface area contributed by atoms with Gasteiger partial charge in [0.15, 0.2) is 11.4 Å². The monoisotopic (exact) mass is 443 g/mol. The number of halogens is 3. The van der Waals surface area contributed by atoms with Gasteiger partial charge in [-0.3, -0.25) is 4.79 Å². The minimum absolute atomic E-state index is 0.162. The number of ketones is 1. The SMILES string of the molecule is CC(=O)c1cc(-c2ccc(Cl)cc2)n2nc(-c3ccc(Br)cc3F)cc2n1. The van der Waals surface area contributed by atoms with Crippen LogP contribution in [0.15, 0.2) is 59.1 Å². The molecule has 4 aromatic rings. The molecule has 0 amide bonds. The highest BCUT2D eigenvalue weighted by Crippen LogP contribution is 2.28. The second-order valence-electron chi connectivity index (χ2n) is 6.01. The Bertz CT molecular complexity index is 1190. The van der Waals surface area contributed by atoms with Gasteiger partial charge in [-0.2, -0.15) is 5.10 Å². The number of benzene rings is 2. The zero-order valence-corrected chi connectivity index (χ0v) is 16.4. The fourth-order valence-corrected chi connectivity index (χ4v) is 3.27. The number of Topliss-reactive ketones (excluding diaryl/α,β-unsaturated/α-hetero) is 1. The van der Waals surface area contributed by atoms with Gasteiger partial charge in [-0.1, -0.05) is 39.7 Å². The summed E-state index contributed by atoms with van der Waals surface area (Å²) < 4.78 is 16.6. The van der Waals surface area contributed by atoms with Gasteiger partial charge in [0.25, 0.3) is 0 Å². The molecular formula is C20H12BrClFN3O. The second-order valence-corrected chi connectivity index (χ2v) is 7.37. The average Bonchev–Trinajstić information content (AvgIpc) is 3.05. The van der Waals surface area contributed by atoms with Gasteiger partial charge in [0.05, 0.1) is 11.4 Å². The van der Waals surface area contributed by atoms with E-state index in [-0.39, 0.29) is 5.78 Å². The lowest BCUT2D eigenvalue weighted by Crippen LogP contribution is -2.03. The quantitative estimate of drug-likeness (QED) is 0.374. The van der Waals surface area contributed by atoms with Crippen molar-refractivity contribution in [1.29, 1.82) is 0 Å². The maximum absolute atomic E-state index is 14.4. The van der Waals surface area contributed by atoms with Gasteiger partial charge in [-0.05, 0) is 36.4 Å². The largest absolute Gasteiger partial charge is 0.293 e. The van der Waals surface area contributed by atoms with Gasteiger partial charge in [0.2, 0.25) is 0 Å². The minimum Gasteiger partial charge on any atom is -0.293 e. The number of rotatable bonds is 3. The summed E-state index contributed by atoms with van der Waals surface area (Å²) in [4.78, 5) is 16.3. The van der Waals surface area contributed by atoms with Gasteiger partial charge in [0.1, 0.15) is 11.5 Å². The van der Waals surface area contributed by atoms with Gasteiger partial charge in [-0.15, -0.1) is 0 Å². The predicted octanol–water partition coefficient (Wildman–Crippen LogP) is 5.82. The summed E-state index contributed by atoms with van der Waals surface area (Å²) in [6.45, 7) is 1.45. The Hall–Kier alpha value is -2.57. The van der Waals surface area contributed by atoms with Crippen molar-refractivity contribution in [3.63, 3.8) is 0 Å². The topological polar surface area (TPSA) is 47.3 Å². The van der Waals surface area contributed by atoms with Crippen molar-refractivity contribution in [1.82, 2.24) is 14.6 Å². The average molecular weight is 445 g/mol. The molecule has 27 heavy (non-hydrogen) atoms. The second kappa shape index (κ2) is 6.87. The highest BCUT2D eigenvalue weighted by atomic mass is 79.9. The van der Waals surface area contributed by atoms with Crippen molar-refractivity contribution in [2.45, 2.75) is 6.92 Å². The number of fused-ring (bicyclic) bond motifs is 1. The number of carbonyl (C=O) groups excluding carboxylic acids is 1. The maximum Gasteiger partial charge on any atom is 0.178 e. The number of aromatic nitrogens is 3. The Morgan fingerprint density at radius 1 is 1.11 bits per heavy atom. The molecule has 134 valence electrons. The molecule has 2 aromatic carbocycles. The van der Waals surface area contributed by atoms with Crippen LogP contribution >= 0.6 is 27.5 Å². The molecule has 0 aliphatic rings. The van der Waals surface area contributed by atoms with Crippen LogP contribution in [0.3, 0.4) is 0 Å². The fraction of sp³-hybridized carbons (Fsp3) is 0.0500. The van der Waals surface area contributed by atoms with E-state index >= 15 is 0 Å². The number of hydrogen-bond donors (Lipinski definition) is 0. The van der Waals surface area contributed by atoms with E-state index in [1.54, 1.807) is 40.9 Å². The molecule has 0 aliphatic carbocycles. The maximum atomic E-state index is 14.4. The first-order chi connectivity index (χ1) is 12.9. The third-order valence-corrected chi connectivity index (χ3v) is 4.88. The van der Waals surface area contributed by atoms with E-state index in [2.05, 4.69) is 26.0 Å². The predicted molar refractivity (Wildman–Crippen MR) is 107 cm³/mol. The van der Waals surface area contributed by atoms with Crippen molar-refractivity contribution < 1.29 is 9.18 Å². The van der Waals surface area contributed by atoms with Crippen LogP contribution in [0.4, 0.5) is 4.39 Å². The summed E-state index contributed by atoms with van der Waals surface area (Å²) in [5.74, 6) is -0.557. The van der Waals surface area contributed by atoms with E-state index in [0.29, 0.717) is 37.8 Å². The Balaban J connectivity index is 1.97. The number of nitrogens with zero attached hydrogens (tertiary/aromatic N) is 3. The Morgan fingerprint density at radius 2 is 1.85 bits per heavy atom. The lowest BCUT2D eigenvalue weighted by Gasteiger charge is -2.07. The van der Waals surface area contributed by atoms with Crippen molar-refractivity contribution in [2.24, 2.45) is 0 Å². The van der Waals surface area contributed by atoms with Crippen LogP contribution < -0.4 is 0 Å². The Labute approximate surface area is 167 Å². The first-order valence-corrected chi connectivity index (χ1v) is 9.22. The third-order valence-electron chi connectivity index (χ3n) is 4.13. The smallest absolute Gasteiger partial charge is 0.178 e. The first kappa shape index (κ1) is 17.8. The Morgan fingerprint density at radius 3 is 2.52 bits per heavy atom. The summed E-state index contributed by atoms with van der Waals surface area (Å²) in [6.07, 6.45) is 0. The summed E-state index contributed by atoms with van der Waals surface area (Å²) in [7, 11) is 0.